The van der Waals surface area contributed by atoms with Crippen molar-refractivity contribution in [3.05, 3.63) is 0 Å². The number of carbonyl (C=O) groups excluding carboxylic acids is 1. The van der Waals surface area contributed by atoms with E-state index in [9.17, 15) is 4.79 Å². The summed E-state index contributed by atoms with van der Waals surface area (Å²) in [4.78, 5) is 13.0. The van der Waals surface area contributed by atoms with Crippen molar-refractivity contribution in [1.82, 2.24) is 4.90 Å². The molecule has 0 aromatic heterocycles. The minimum Gasteiger partial charge on any atom is -0.343 e. The number of carbonyl (C=O) groups is 1. The smallest absolute Gasteiger partial charge is 0.239 e. The van der Waals surface area contributed by atoms with E-state index in [0.717, 1.165) is 0 Å². The predicted octanol–water partition coefficient (Wildman–Crippen LogP) is 0.342. The second-order valence-corrected chi connectivity index (χ2v) is 3.44. The summed E-state index contributed by atoms with van der Waals surface area (Å²) in [7, 11) is 1.67. The van der Waals surface area contributed by atoms with Crippen LogP contribution in [-0.2, 0) is 4.79 Å². The number of hydrogen-bond donors (Lipinski definition) is 1. The molecule has 0 radical (unpaired) electrons. The molecule has 0 aliphatic carbocycles. The van der Waals surface area contributed by atoms with Gasteiger partial charge in [-0.15, -0.1) is 0 Å². The van der Waals surface area contributed by atoms with Gasteiger partial charge in [0, 0.05) is 13.6 Å². The van der Waals surface area contributed by atoms with E-state index < -0.39 is 6.04 Å². The third-order valence-corrected chi connectivity index (χ3v) is 1.94. The maximum Gasteiger partial charge on any atom is 0.239 e. The molecular weight excluding hydrogens is 166 g/mol. The molecule has 4 nitrogen and oxygen atoms in total. The third-order valence-electron chi connectivity index (χ3n) is 1.94. The number of hydrogen-bond acceptors (Lipinski definition) is 3. The lowest BCUT2D eigenvalue weighted by molar-refractivity contribution is -0.132. The normalized spacial score (nSPS) is 12.3. The Hall–Kier alpha value is -1.08. The summed E-state index contributed by atoms with van der Waals surface area (Å²) in [5.74, 6) is 0.0438. The molecule has 0 aliphatic heterocycles. The second-order valence-electron chi connectivity index (χ2n) is 3.44. The molecule has 1 atom stereocenters. The fourth-order valence-corrected chi connectivity index (χ4v) is 0.868. The van der Waals surface area contributed by atoms with Crippen molar-refractivity contribution < 1.29 is 4.79 Å². The van der Waals surface area contributed by atoms with E-state index in [1.54, 1.807) is 7.05 Å². The zero-order valence-corrected chi connectivity index (χ0v) is 8.45. The van der Waals surface area contributed by atoms with E-state index in [0.29, 0.717) is 13.0 Å². The zero-order valence-electron chi connectivity index (χ0n) is 8.45. The van der Waals surface area contributed by atoms with E-state index in [1.165, 1.54) is 4.90 Å². The monoisotopic (exact) mass is 183 g/mol. The van der Waals surface area contributed by atoms with Crippen molar-refractivity contribution in [2.45, 2.75) is 26.3 Å². The highest BCUT2D eigenvalue weighted by Crippen LogP contribution is 2.02. The Morgan fingerprint density at radius 3 is 2.54 bits per heavy atom. The van der Waals surface area contributed by atoms with Crippen molar-refractivity contribution >= 4 is 5.91 Å². The van der Waals surface area contributed by atoms with Crippen molar-refractivity contribution in [2.24, 2.45) is 11.7 Å². The van der Waals surface area contributed by atoms with Gasteiger partial charge in [-0.05, 0) is 5.92 Å². The molecular formula is C9H17N3O. The highest BCUT2D eigenvalue weighted by atomic mass is 16.2. The highest BCUT2D eigenvalue weighted by molar-refractivity contribution is 5.81. The molecule has 0 fully saturated rings. The van der Waals surface area contributed by atoms with Crippen LogP contribution in [0.5, 0.6) is 0 Å². The molecule has 0 aromatic rings. The highest BCUT2D eigenvalue weighted by Gasteiger charge is 2.20. The molecule has 0 aliphatic rings. The van der Waals surface area contributed by atoms with E-state index in [-0.39, 0.29) is 11.8 Å². The molecule has 0 saturated heterocycles. The van der Waals surface area contributed by atoms with Gasteiger partial charge in [-0.1, -0.05) is 13.8 Å². The molecule has 0 rings (SSSR count). The minimum absolute atomic E-state index is 0.0924. The van der Waals surface area contributed by atoms with Gasteiger partial charge in [-0.3, -0.25) is 4.79 Å². The molecule has 0 bridgehead atoms. The van der Waals surface area contributed by atoms with Crippen LogP contribution in [0.25, 0.3) is 0 Å². The first-order valence-electron chi connectivity index (χ1n) is 4.38. The molecule has 0 aromatic carbocycles. The molecule has 0 unspecified atom stereocenters. The standard InChI is InChI=1S/C9H17N3O/c1-7(2)8(11)9(13)12(3)6-4-5-10/h7-8H,4,6,11H2,1-3H3/t8-/m0/s1. The number of nitrogens with two attached hydrogens (primary N) is 1. The fraction of sp³-hybridized carbons (Fsp3) is 0.778. The van der Waals surface area contributed by atoms with Gasteiger partial charge in [0.05, 0.1) is 18.5 Å². The minimum atomic E-state index is -0.455. The molecule has 74 valence electrons. The van der Waals surface area contributed by atoms with Crippen molar-refractivity contribution in [2.75, 3.05) is 13.6 Å². The summed E-state index contributed by atoms with van der Waals surface area (Å²) in [6.07, 6.45) is 0.354. The summed E-state index contributed by atoms with van der Waals surface area (Å²) in [6, 6.07) is 1.53. The van der Waals surface area contributed by atoms with Crippen LogP contribution in [0.3, 0.4) is 0 Å². The summed E-state index contributed by atoms with van der Waals surface area (Å²) < 4.78 is 0. The van der Waals surface area contributed by atoms with Crippen LogP contribution >= 0.6 is 0 Å². The average molecular weight is 183 g/mol. The molecule has 13 heavy (non-hydrogen) atoms. The SMILES string of the molecule is CC(C)[C@H](N)C(=O)N(C)CCC#N. The first-order chi connectivity index (χ1) is 6.00. The van der Waals surface area contributed by atoms with Crippen LogP contribution in [0.1, 0.15) is 20.3 Å². The van der Waals surface area contributed by atoms with Crippen LogP contribution in [0.2, 0.25) is 0 Å². The van der Waals surface area contributed by atoms with Crippen LogP contribution < -0.4 is 5.73 Å². The van der Waals surface area contributed by atoms with Crippen molar-refractivity contribution in [3.63, 3.8) is 0 Å². The lowest BCUT2D eigenvalue weighted by Crippen LogP contribution is -2.45. The van der Waals surface area contributed by atoms with Gasteiger partial charge in [0.15, 0.2) is 0 Å². The van der Waals surface area contributed by atoms with Gasteiger partial charge in [-0.25, -0.2) is 0 Å². The summed E-state index contributed by atoms with van der Waals surface area (Å²) in [5.41, 5.74) is 5.66. The van der Waals surface area contributed by atoms with Gasteiger partial charge < -0.3 is 10.6 Å². The van der Waals surface area contributed by atoms with Gasteiger partial charge in [0.2, 0.25) is 5.91 Å². The lowest BCUT2D eigenvalue weighted by Gasteiger charge is -2.22. The largest absolute Gasteiger partial charge is 0.343 e. The number of nitriles is 1. The maximum absolute atomic E-state index is 11.5. The van der Waals surface area contributed by atoms with Crippen LogP contribution in [-0.4, -0.2) is 30.4 Å². The van der Waals surface area contributed by atoms with Crippen LogP contribution in [0.4, 0.5) is 0 Å². The number of nitrogens with zero attached hydrogens (tertiary/aromatic N) is 2. The van der Waals surface area contributed by atoms with Crippen molar-refractivity contribution in [3.8, 4) is 6.07 Å². The molecule has 1 amide bonds. The summed E-state index contributed by atoms with van der Waals surface area (Å²) in [6.45, 7) is 4.26. The fourth-order valence-electron chi connectivity index (χ4n) is 0.868. The van der Waals surface area contributed by atoms with Crippen molar-refractivity contribution in [1.29, 1.82) is 5.26 Å². The molecule has 0 spiro atoms. The Morgan fingerprint density at radius 2 is 2.15 bits per heavy atom. The molecule has 4 heteroatoms. The predicted molar refractivity (Wildman–Crippen MR) is 50.7 cm³/mol. The number of amides is 1. The average Bonchev–Trinajstić information content (AvgIpc) is 2.11. The van der Waals surface area contributed by atoms with E-state index >= 15 is 0 Å². The summed E-state index contributed by atoms with van der Waals surface area (Å²) in [5, 5.41) is 8.33. The second kappa shape index (κ2) is 5.55. The lowest BCUT2D eigenvalue weighted by atomic mass is 10.0. The maximum atomic E-state index is 11.5. The topological polar surface area (TPSA) is 70.1 Å². The Balaban J connectivity index is 4.03. The quantitative estimate of drug-likeness (QED) is 0.683. The van der Waals surface area contributed by atoms with E-state index in [4.69, 9.17) is 11.0 Å². The first-order valence-corrected chi connectivity index (χ1v) is 4.38. The number of rotatable bonds is 4. The van der Waals surface area contributed by atoms with Gasteiger partial charge >= 0.3 is 0 Å². The van der Waals surface area contributed by atoms with Gasteiger partial charge in [-0.2, -0.15) is 5.26 Å². The first kappa shape index (κ1) is 11.9. The summed E-state index contributed by atoms with van der Waals surface area (Å²) >= 11 is 0. The Morgan fingerprint density at radius 1 is 1.62 bits per heavy atom. The Bertz CT molecular complexity index is 207. The molecule has 0 heterocycles. The van der Waals surface area contributed by atoms with E-state index in [2.05, 4.69) is 0 Å². The van der Waals surface area contributed by atoms with Crippen LogP contribution in [0, 0.1) is 17.2 Å². The molecule has 0 saturated carbocycles. The Kier molecular flexibility index (Phi) is 5.09. The zero-order chi connectivity index (χ0) is 10.4. The number of likely N-dealkylation sites (N-methyl/N-ethyl adjacent to an activating group) is 1. The van der Waals surface area contributed by atoms with E-state index in [1.807, 2.05) is 19.9 Å². The van der Waals surface area contributed by atoms with Gasteiger partial charge in [0.25, 0.3) is 0 Å². The molecule has 2 N–H and O–H groups in total. The third kappa shape index (κ3) is 3.90. The Labute approximate surface area is 79.3 Å². The van der Waals surface area contributed by atoms with Gasteiger partial charge in [0.1, 0.15) is 0 Å². The van der Waals surface area contributed by atoms with Crippen LogP contribution in [0.15, 0.2) is 0 Å².